The summed E-state index contributed by atoms with van der Waals surface area (Å²) in [7, 11) is 0. The molecule has 0 unspecified atom stereocenters. The van der Waals surface area contributed by atoms with E-state index in [1.807, 2.05) is 48.5 Å². The van der Waals surface area contributed by atoms with Crippen LogP contribution in [0.25, 0.3) is 11.1 Å². The fourth-order valence-corrected chi connectivity index (χ4v) is 4.48. The van der Waals surface area contributed by atoms with Crippen LogP contribution in [0, 0.1) is 0 Å². The molecule has 0 aliphatic heterocycles. The minimum atomic E-state index is -4.63. The van der Waals surface area contributed by atoms with Crippen LogP contribution in [0.15, 0.2) is 72.8 Å². The molecular formula is C26H22F3NO4. The molecule has 4 rings (SSSR count). The van der Waals surface area contributed by atoms with Crippen molar-refractivity contribution < 1.29 is 32.6 Å². The number of carboxylic acids is 1. The molecule has 0 spiro atoms. The zero-order valence-corrected chi connectivity index (χ0v) is 18.0. The molecule has 3 N–H and O–H groups in total. The molecule has 0 heterocycles. The Labute approximate surface area is 194 Å². The van der Waals surface area contributed by atoms with E-state index < -0.39 is 42.1 Å². The quantitative estimate of drug-likeness (QED) is 0.478. The number of rotatable bonds is 7. The number of carbonyl (C=O) groups excluding carboxylic acids is 1. The van der Waals surface area contributed by atoms with Gasteiger partial charge < -0.3 is 15.6 Å². The Bertz CT molecular complexity index is 1180. The van der Waals surface area contributed by atoms with Gasteiger partial charge in [-0.2, -0.15) is 13.2 Å². The van der Waals surface area contributed by atoms with Gasteiger partial charge in [0, 0.05) is 12.0 Å². The summed E-state index contributed by atoms with van der Waals surface area (Å²) in [5.41, 5.74) is 8.99. The number of benzene rings is 3. The Balaban J connectivity index is 1.62. The highest BCUT2D eigenvalue weighted by Gasteiger charge is 2.36. The monoisotopic (exact) mass is 469 g/mol. The Morgan fingerprint density at radius 2 is 1.53 bits per heavy atom. The third kappa shape index (κ3) is 4.68. The highest BCUT2D eigenvalue weighted by atomic mass is 19.4. The summed E-state index contributed by atoms with van der Waals surface area (Å²) >= 11 is 0. The molecule has 0 fully saturated rings. The van der Waals surface area contributed by atoms with Crippen LogP contribution < -0.4 is 5.73 Å². The molecule has 3 aromatic carbocycles. The number of halogens is 3. The van der Waals surface area contributed by atoms with Crippen LogP contribution in [0.2, 0.25) is 0 Å². The number of esters is 1. The van der Waals surface area contributed by atoms with Crippen LogP contribution in [0.1, 0.15) is 40.5 Å². The molecule has 0 amide bonds. The van der Waals surface area contributed by atoms with Crippen LogP contribution in [0.4, 0.5) is 13.2 Å². The molecule has 8 heteroatoms. The Hall–Kier alpha value is -3.65. The lowest BCUT2D eigenvalue weighted by molar-refractivity contribution is -0.147. The van der Waals surface area contributed by atoms with Crippen LogP contribution in [0.3, 0.4) is 0 Å². The van der Waals surface area contributed by atoms with E-state index in [9.17, 15) is 22.8 Å². The highest BCUT2D eigenvalue weighted by Crippen LogP contribution is 2.44. The van der Waals surface area contributed by atoms with Gasteiger partial charge in [0.15, 0.2) is 0 Å². The highest BCUT2D eigenvalue weighted by molar-refractivity contribution is 5.82. The number of hydrogen-bond acceptors (Lipinski definition) is 4. The second kappa shape index (κ2) is 9.30. The van der Waals surface area contributed by atoms with Gasteiger partial charge in [0.1, 0.15) is 6.61 Å². The van der Waals surface area contributed by atoms with Crippen LogP contribution in [0.5, 0.6) is 0 Å². The molecule has 0 bridgehead atoms. The molecule has 0 radical (unpaired) electrons. The van der Waals surface area contributed by atoms with Crippen molar-refractivity contribution >= 4 is 11.9 Å². The average Bonchev–Trinajstić information content (AvgIpc) is 3.11. The molecule has 2 atom stereocenters. The Morgan fingerprint density at radius 3 is 2.09 bits per heavy atom. The number of fused-ring (bicyclic) bond motifs is 3. The van der Waals surface area contributed by atoms with E-state index in [1.54, 1.807) is 0 Å². The summed E-state index contributed by atoms with van der Waals surface area (Å²) in [5, 5.41) is 9.15. The number of carboxylic acid groups (broad SMARTS) is 1. The second-order valence-electron chi connectivity index (χ2n) is 8.22. The standard InChI is InChI=1S/C26H22F3NO4/c27-26(28,29)16-7-5-6-15(12-16)24(22(30)13-23(31)32)25(33)34-14-21-19-10-3-1-8-17(19)18-9-2-4-11-20(18)21/h1-12,21-22,24H,13-14,30H2,(H,31,32)/t22-,24+/m0/s1. The number of alkyl halides is 3. The maximum absolute atomic E-state index is 13.2. The van der Waals surface area contributed by atoms with Crippen molar-refractivity contribution in [2.45, 2.75) is 30.5 Å². The molecule has 0 aromatic heterocycles. The number of hydrogen-bond donors (Lipinski definition) is 2. The maximum atomic E-state index is 13.2. The zero-order valence-electron chi connectivity index (χ0n) is 18.0. The fraction of sp³-hybridized carbons (Fsp3) is 0.231. The van der Waals surface area contributed by atoms with Gasteiger partial charge in [0.25, 0.3) is 0 Å². The van der Waals surface area contributed by atoms with Crippen molar-refractivity contribution in [1.82, 2.24) is 0 Å². The van der Waals surface area contributed by atoms with Crippen molar-refractivity contribution in [3.8, 4) is 11.1 Å². The van der Waals surface area contributed by atoms with E-state index in [1.165, 1.54) is 6.07 Å². The molecule has 34 heavy (non-hydrogen) atoms. The zero-order chi connectivity index (χ0) is 24.5. The largest absolute Gasteiger partial charge is 0.481 e. The van der Waals surface area contributed by atoms with Crippen molar-refractivity contribution in [3.05, 3.63) is 95.1 Å². The fourth-order valence-electron chi connectivity index (χ4n) is 4.48. The molecule has 1 aliphatic rings. The third-order valence-corrected chi connectivity index (χ3v) is 6.02. The molecule has 0 saturated carbocycles. The summed E-state index contributed by atoms with van der Waals surface area (Å²) in [4.78, 5) is 24.4. The number of nitrogens with two attached hydrogens (primary N) is 1. The minimum absolute atomic E-state index is 0.0409. The van der Waals surface area contributed by atoms with Gasteiger partial charge >= 0.3 is 18.1 Å². The Morgan fingerprint density at radius 1 is 0.941 bits per heavy atom. The van der Waals surface area contributed by atoms with Crippen LogP contribution >= 0.6 is 0 Å². The van der Waals surface area contributed by atoms with Crippen molar-refractivity contribution in [2.24, 2.45) is 5.73 Å². The third-order valence-electron chi connectivity index (χ3n) is 6.02. The average molecular weight is 469 g/mol. The molecule has 5 nitrogen and oxygen atoms in total. The first-order valence-electron chi connectivity index (χ1n) is 10.7. The summed E-state index contributed by atoms with van der Waals surface area (Å²) in [6.45, 7) is -0.0535. The SMILES string of the molecule is N[C@@H](CC(=O)O)[C@H](C(=O)OCC1c2ccccc2-c2ccccc21)c1cccc(C(F)(F)F)c1. The molecular weight excluding hydrogens is 447 g/mol. The maximum Gasteiger partial charge on any atom is 0.416 e. The van der Waals surface area contributed by atoms with Gasteiger partial charge in [-0.1, -0.05) is 66.7 Å². The molecule has 3 aromatic rings. The van der Waals surface area contributed by atoms with Crippen molar-refractivity contribution in [1.29, 1.82) is 0 Å². The summed E-state index contributed by atoms with van der Waals surface area (Å²) in [5.74, 6) is -3.76. The normalized spacial score (nSPS) is 14.7. The van der Waals surface area contributed by atoms with E-state index in [4.69, 9.17) is 15.6 Å². The van der Waals surface area contributed by atoms with Crippen molar-refractivity contribution in [3.63, 3.8) is 0 Å². The minimum Gasteiger partial charge on any atom is -0.481 e. The van der Waals surface area contributed by atoms with Gasteiger partial charge in [-0.3, -0.25) is 9.59 Å². The topological polar surface area (TPSA) is 89.6 Å². The van der Waals surface area contributed by atoms with Gasteiger partial charge in [-0.05, 0) is 33.9 Å². The first-order valence-corrected chi connectivity index (χ1v) is 10.7. The molecule has 1 aliphatic carbocycles. The second-order valence-corrected chi connectivity index (χ2v) is 8.22. The van der Waals surface area contributed by atoms with E-state index in [-0.39, 0.29) is 18.1 Å². The lowest BCUT2D eigenvalue weighted by Crippen LogP contribution is -2.37. The number of ether oxygens (including phenoxy) is 1. The first-order chi connectivity index (χ1) is 16.2. The molecule has 176 valence electrons. The number of carbonyl (C=O) groups is 2. The smallest absolute Gasteiger partial charge is 0.416 e. The predicted molar refractivity (Wildman–Crippen MR) is 119 cm³/mol. The summed E-state index contributed by atoms with van der Waals surface area (Å²) in [6, 6.07) is 18.3. The van der Waals surface area contributed by atoms with E-state index in [2.05, 4.69) is 0 Å². The lowest BCUT2D eigenvalue weighted by Gasteiger charge is -2.24. The predicted octanol–water partition coefficient (Wildman–Crippen LogP) is 4.95. The van der Waals surface area contributed by atoms with Gasteiger partial charge in [0.05, 0.1) is 17.9 Å². The van der Waals surface area contributed by atoms with E-state index in [0.717, 1.165) is 40.5 Å². The van der Waals surface area contributed by atoms with Gasteiger partial charge in [-0.25, -0.2) is 0 Å². The van der Waals surface area contributed by atoms with Crippen molar-refractivity contribution in [2.75, 3.05) is 6.61 Å². The lowest BCUT2D eigenvalue weighted by atomic mass is 9.89. The van der Waals surface area contributed by atoms with Gasteiger partial charge in [-0.15, -0.1) is 0 Å². The van der Waals surface area contributed by atoms with E-state index >= 15 is 0 Å². The van der Waals surface area contributed by atoms with Gasteiger partial charge in [0.2, 0.25) is 0 Å². The first kappa shape index (κ1) is 23.5. The van der Waals surface area contributed by atoms with E-state index in [0.29, 0.717) is 0 Å². The number of aliphatic carboxylic acids is 1. The van der Waals surface area contributed by atoms with Crippen LogP contribution in [-0.2, 0) is 20.5 Å². The molecule has 0 saturated heterocycles. The van der Waals surface area contributed by atoms with Crippen LogP contribution in [-0.4, -0.2) is 29.7 Å². The summed E-state index contributed by atoms with van der Waals surface area (Å²) in [6.07, 6.45) is -5.23. The Kier molecular flexibility index (Phi) is 6.43. The summed E-state index contributed by atoms with van der Waals surface area (Å²) < 4.78 is 45.3.